The molecule has 0 aliphatic heterocycles. The molecule has 3 heteroatoms. The third kappa shape index (κ3) is 2.08. The topological polar surface area (TPSA) is 37.8 Å². The van der Waals surface area contributed by atoms with E-state index in [0.717, 1.165) is 17.2 Å². The highest BCUT2D eigenvalue weighted by Gasteiger charge is 2.19. The van der Waals surface area contributed by atoms with Crippen molar-refractivity contribution in [3.05, 3.63) is 42.1 Å². The van der Waals surface area contributed by atoms with Gasteiger partial charge in [-0.15, -0.1) is 0 Å². The Hall–Kier alpha value is -1.90. The van der Waals surface area contributed by atoms with Gasteiger partial charge >= 0.3 is 0 Å². The van der Waals surface area contributed by atoms with Gasteiger partial charge in [-0.05, 0) is 30.4 Å². The first-order chi connectivity index (χ1) is 8.86. The molecule has 0 radical (unpaired) electrons. The third-order valence-corrected chi connectivity index (χ3v) is 3.66. The fourth-order valence-electron chi connectivity index (χ4n) is 2.31. The molecule has 0 amide bonds. The summed E-state index contributed by atoms with van der Waals surface area (Å²) in [7, 11) is 1.83. The first-order valence-corrected chi connectivity index (χ1v) is 6.48. The van der Waals surface area contributed by atoms with Gasteiger partial charge < -0.3 is 5.32 Å². The van der Waals surface area contributed by atoms with E-state index in [1.54, 1.807) is 6.20 Å². The SMILES string of the molecule is CNc1nccc(-c2ccc(C3CCC3)cc2)n1. The fraction of sp³-hybridized carbons (Fsp3) is 0.333. The largest absolute Gasteiger partial charge is 0.357 e. The minimum Gasteiger partial charge on any atom is -0.357 e. The molecule has 1 fully saturated rings. The maximum absolute atomic E-state index is 4.45. The van der Waals surface area contributed by atoms with Crippen molar-refractivity contribution in [3.8, 4) is 11.3 Å². The smallest absolute Gasteiger partial charge is 0.222 e. The normalized spacial score (nSPS) is 15.2. The third-order valence-electron chi connectivity index (χ3n) is 3.66. The molecular formula is C15H17N3. The molecule has 1 aliphatic rings. The molecule has 2 aromatic rings. The molecular weight excluding hydrogens is 222 g/mol. The number of benzene rings is 1. The second-order valence-corrected chi connectivity index (χ2v) is 4.77. The van der Waals surface area contributed by atoms with Crippen molar-refractivity contribution in [2.45, 2.75) is 25.2 Å². The average molecular weight is 239 g/mol. The Morgan fingerprint density at radius 1 is 1.11 bits per heavy atom. The first kappa shape index (κ1) is 11.2. The lowest BCUT2D eigenvalue weighted by molar-refractivity contribution is 0.420. The van der Waals surface area contributed by atoms with Crippen LogP contribution in [0.2, 0.25) is 0 Å². The number of nitrogens with one attached hydrogen (secondary N) is 1. The second-order valence-electron chi connectivity index (χ2n) is 4.77. The van der Waals surface area contributed by atoms with Crippen LogP contribution >= 0.6 is 0 Å². The lowest BCUT2D eigenvalue weighted by atomic mass is 9.80. The van der Waals surface area contributed by atoms with Gasteiger partial charge in [0.2, 0.25) is 5.95 Å². The van der Waals surface area contributed by atoms with Crippen molar-refractivity contribution in [2.24, 2.45) is 0 Å². The number of aromatic nitrogens is 2. The average Bonchev–Trinajstić information content (AvgIpc) is 2.38. The lowest BCUT2D eigenvalue weighted by Gasteiger charge is -2.25. The molecule has 1 heterocycles. The summed E-state index contributed by atoms with van der Waals surface area (Å²) < 4.78 is 0. The van der Waals surface area contributed by atoms with E-state index in [1.165, 1.54) is 24.8 Å². The molecule has 3 nitrogen and oxygen atoms in total. The Bertz CT molecular complexity index is 530. The Kier molecular flexibility index (Phi) is 2.97. The molecule has 1 saturated carbocycles. The van der Waals surface area contributed by atoms with Gasteiger partial charge in [-0.2, -0.15) is 0 Å². The minimum atomic E-state index is 0.663. The molecule has 1 N–H and O–H groups in total. The number of anilines is 1. The highest BCUT2D eigenvalue weighted by atomic mass is 15.1. The summed E-state index contributed by atoms with van der Waals surface area (Å²) in [5.74, 6) is 1.45. The van der Waals surface area contributed by atoms with Gasteiger partial charge in [0.25, 0.3) is 0 Å². The van der Waals surface area contributed by atoms with Crippen LogP contribution in [0.3, 0.4) is 0 Å². The first-order valence-electron chi connectivity index (χ1n) is 6.48. The summed E-state index contributed by atoms with van der Waals surface area (Å²) in [6.07, 6.45) is 5.85. The van der Waals surface area contributed by atoms with Crippen LogP contribution in [0.4, 0.5) is 5.95 Å². The molecule has 1 aromatic carbocycles. The number of rotatable bonds is 3. The zero-order valence-corrected chi connectivity index (χ0v) is 10.6. The van der Waals surface area contributed by atoms with Crippen LogP contribution in [0.25, 0.3) is 11.3 Å². The molecule has 0 saturated heterocycles. The summed E-state index contributed by atoms with van der Waals surface area (Å²) in [5, 5.41) is 2.96. The molecule has 18 heavy (non-hydrogen) atoms. The van der Waals surface area contributed by atoms with Crippen LogP contribution in [-0.2, 0) is 0 Å². The molecule has 1 aromatic heterocycles. The Morgan fingerprint density at radius 2 is 1.89 bits per heavy atom. The summed E-state index contributed by atoms with van der Waals surface area (Å²) in [6, 6.07) is 10.7. The highest BCUT2D eigenvalue weighted by molar-refractivity contribution is 5.60. The van der Waals surface area contributed by atoms with Crippen molar-refractivity contribution in [3.63, 3.8) is 0 Å². The van der Waals surface area contributed by atoms with Crippen molar-refractivity contribution >= 4 is 5.95 Å². The van der Waals surface area contributed by atoms with Crippen LogP contribution in [0, 0.1) is 0 Å². The van der Waals surface area contributed by atoms with Crippen molar-refractivity contribution in [2.75, 3.05) is 12.4 Å². The van der Waals surface area contributed by atoms with Gasteiger partial charge in [0, 0.05) is 18.8 Å². The Morgan fingerprint density at radius 3 is 2.50 bits per heavy atom. The lowest BCUT2D eigenvalue weighted by Crippen LogP contribution is -2.08. The molecule has 0 unspecified atom stereocenters. The summed E-state index contributed by atoms with van der Waals surface area (Å²) in [5.41, 5.74) is 3.58. The van der Waals surface area contributed by atoms with Crippen molar-refractivity contribution in [1.29, 1.82) is 0 Å². The maximum atomic E-state index is 4.45. The van der Waals surface area contributed by atoms with E-state index in [2.05, 4.69) is 39.6 Å². The number of hydrogen-bond donors (Lipinski definition) is 1. The van der Waals surface area contributed by atoms with Gasteiger partial charge in [-0.25, -0.2) is 9.97 Å². The van der Waals surface area contributed by atoms with Crippen LogP contribution in [0.1, 0.15) is 30.7 Å². The summed E-state index contributed by atoms with van der Waals surface area (Å²) in [4.78, 5) is 8.58. The predicted molar refractivity (Wildman–Crippen MR) is 73.6 cm³/mol. The quantitative estimate of drug-likeness (QED) is 0.891. The van der Waals surface area contributed by atoms with E-state index >= 15 is 0 Å². The van der Waals surface area contributed by atoms with Gasteiger partial charge in [0.15, 0.2) is 0 Å². The van der Waals surface area contributed by atoms with Crippen molar-refractivity contribution in [1.82, 2.24) is 9.97 Å². The zero-order valence-electron chi connectivity index (χ0n) is 10.6. The van der Waals surface area contributed by atoms with Gasteiger partial charge in [-0.1, -0.05) is 30.7 Å². The van der Waals surface area contributed by atoms with Gasteiger partial charge in [0.05, 0.1) is 5.69 Å². The highest BCUT2D eigenvalue weighted by Crippen LogP contribution is 2.36. The molecule has 0 atom stereocenters. The van der Waals surface area contributed by atoms with E-state index in [9.17, 15) is 0 Å². The summed E-state index contributed by atoms with van der Waals surface area (Å²) in [6.45, 7) is 0. The standard InChI is InChI=1S/C15H17N3/c1-16-15-17-10-9-14(18-15)13-7-5-12(6-8-13)11-3-2-4-11/h5-11H,2-4H2,1H3,(H,16,17,18). The Balaban J connectivity index is 1.86. The van der Waals surface area contributed by atoms with Crippen LogP contribution in [0.15, 0.2) is 36.5 Å². The van der Waals surface area contributed by atoms with Gasteiger partial charge in [-0.3, -0.25) is 0 Å². The molecule has 92 valence electrons. The van der Waals surface area contributed by atoms with Crippen LogP contribution in [-0.4, -0.2) is 17.0 Å². The van der Waals surface area contributed by atoms with E-state index in [4.69, 9.17) is 0 Å². The van der Waals surface area contributed by atoms with Crippen LogP contribution in [0.5, 0.6) is 0 Å². The van der Waals surface area contributed by atoms with Crippen LogP contribution < -0.4 is 5.32 Å². The molecule has 0 bridgehead atoms. The van der Waals surface area contributed by atoms with E-state index in [-0.39, 0.29) is 0 Å². The summed E-state index contributed by atoms with van der Waals surface area (Å²) >= 11 is 0. The molecule has 3 rings (SSSR count). The second kappa shape index (κ2) is 4.77. The molecule has 1 aliphatic carbocycles. The number of nitrogens with zero attached hydrogens (tertiary/aromatic N) is 2. The number of hydrogen-bond acceptors (Lipinski definition) is 3. The van der Waals surface area contributed by atoms with E-state index < -0.39 is 0 Å². The maximum Gasteiger partial charge on any atom is 0.222 e. The van der Waals surface area contributed by atoms with E-state index in [0.29, 0.717) is 5.95 Å². The predicted octanol–water partition coefficient (Wildman–Crippen LogP) is 3.45. The van der Waals surface area contributed by atoms with Crippen molar-refractivity contribution < 1.29 is 0 Å². The monoisotopic (exact) mass is 239 g/mol. The molecule has 0 spiro atoms. The van der Waals surface area contributed by atoms with Gasteiger partial charge in [0.1, 0.15) is 0 Å². The fourth-order valence-corrected chi connectivity index (χ4v) is 2.31. The van der Waals surface area contributed by atoms with E-state index in [1.807, 2.05) is 13.1 Å². The minimum absolute atomic E-state index is 0.663. The Labute approximate surface area is 107 Å². The zero-order chi connectivity index (χ0) is 12.4.